The number of H-pyrrole nitrogens is 1. The van der Waals surface area contributed by atoms with Crippen molar-refractivity contribution >= 4 is 25.2 Å². The van der Waals surface area contributed by atoms with Crippen LogP contribution in [0.25, 0.3) is 10.9 Å². The van der Waals surface area contributed by atoms with Gasteiger partial charge in [0, 0.05) is 29.1 Å². The highest BCUT2D eigenvalue weighted by atomic mass is 28.4. The highest BCUT2D eigenvalue weighted by molar-refractivity contribution is 6.78. The van der Waals surface area contributed by atoms with Crippen molar-refractivity contribution in [2.75, 3.05) is 6.61 Å². The Morgan fingerprint density at radius 2 is 1.68 bits per heavy atom. The number of carboxylic acids is 1. The van der Waals surface area contributed by atoms with Crippen LogP contribution in [0.2, 0.25) is 16.6 Å². The van der Waals surface area contributed by atoms with Gasteiger partial charge < -0.3 is 19.6 Å². The monoisotopic (exact) mass is 405 g/mol. The van der Waals surface area contributed by atoms with Gasteiger partial charge in [0.25, 0.3) is 8.32 Å². The van der Waals surface area contributed by atoms with Gasteiger partial charge in [0.05, 0.1) is 6.42 Å². The van der Waals surface area contributed by atoms with E-state index in [4.69, 9.17) is 9.53 Å². The van der Waals surface area contributed by atoms with Gasteiger partial charge in [-0.2, -0.15) is 0 Å². The third kappa shape index (κ3) is 4.61. The number of aromatic nitrogens is 1. The predicted molar refractivity (Wildman–Crippen MR) is 117 cm³/mol. The summed E-state index contributed by atoms with van der Waals surface area (Å²) in [5.41, 5.74) is 3.30. The van der Waals surface area contributed by atoms with Crippen molar-refractivity contribution in [3.63, 3.8) is 0 Å². The molecule has 1 atom stereocenters. The molecule has 1 aromatic carbocycles. The van der Waals surface area contributed by atoms with Crippen LogP contribution in [0.5, 0.6) is 5.75 Å². The first-order valence-corrected chi connectivity index (χ1v) is 12.4. The highest BCUT2D eigenvalue weighted by Gasteiger charge is 2.47. The fourth-order valence-electron chi connectivity index (χ4n) is 4.71. The topological polar surface area (TPSA) is 82.5 Å². The molecule has 0 spiro atoms. The van der Waals surface area contributed by atoms with Gasteiger partial charge in [-0.15, -0.1) is 0 Å². The second kappa shape index (κ2) is 9.14. The second-order valence-corrected chi connectivity index (χ2v) is 14.1. The molecule has 0 amide bonds. The SMILES string of the molecule is CC(C)[Si](Oc1ccc2[nH]c([C@H](CCO)CC(=O)O)cc2c1)(C(C)C)C(C)C. The van der Waals surface area contributed by atoms with Crippen LogP contribution in [0.1, 0.15) is 66.0 Å². The number of aliphatic hydroxyl groups excluding tert-OH is 1. The first-order chi connectivity index (χ1) is 13.1. The molecule has 28 heavy (non-hydrogen) atoms. The summed E-state index contributed by atoms with van der Waals surface area (Å²) >= 11 is 0. The van der Waals surface area contributed by atoms with Gasteiger partial charge in [0.1, 0.15) is 5.75 Å². The molecule has 1 aromatic heterocycles. The third-order valence-electron chi connectivity index (χ3n) is 5.95. The summed E-state index contributed by atoms with van der Waals surface area (Å²) in [4.78, 5) is 14.5. The molecule has 5 nitrogen and oxygen atoms in total. The normalized spacial score (nSPS) is 13.6. The van der Waals surface area contributed by atoms with Crippen LogP contribution in [-0.4, -0.2) is 36.1 Å². The Hall–Kier alpha value is -1.79. The minimum absolute atomic E-state index is 0.000806. The minimum atomic E-state index is -2.03. The fraction of sp³-hybridized carbons (Fsp3) is 0.591. The zero-order valence-electron chi connectivity index (χ0n) is 18.0. The number of carbonyl (C=O) groups is 1. The number of aliphatic hydroxyl groups is 1. The van der Waals surface area contributed by atoms with E-state index in [1.54, 1.807) is 0 Å². The average molecular weight is 406 g/mol. The largest absolute Gasteiger partial charge is 0.543 e. The van der Waals surface area contributed by atoms with Crippen molar-refractivity contribution in [3.05, 3.63) is 30.0 Å². The minimum Gasteiger partial charge on any atom is -0.543 e. The molecule has 0 aliphatic heterocycles. The van der Waals surface area contributed by atoms with Gasteiger partial charge >= 0.3 is 5.97 Å². The van der Waals surface area contributed by atoms with Gasteiger partial charge in [-0.3, -0.25) is 4.79 Å². The molecule has 0 fully saturated rings. The third-order valence-corrected chi connectivity index (χ3v) is 12.0. The molecule has 0 radical (unpaired) electrons. The zero-order valence-corrected chi connectivity index (χ0v) is 19.0. The summed E-state index contributed by atoms with van der Waals surface area (Å²) in [5.74, 6) is -0.199. The number of nitrogens with one attached hydrogen (secondary N) is 1. The van der Waals surface area contributed by atoms with E-state index in [-0.39, 0.29) is 18.9 Å². The Morgan fingerprint density at radius 1 is 1.07 bits per heavy atom. The van der Waals surface area contributed by atoms with E-state index in [1.807, 2.05) is 18.2 Å². The maximum Gasteiger partial charge on any atom is 0.304 e. The van der Waals surface area contributed by atoms with Crippen LogP contribution in [0.3, 0.4) is 0 Å². The summed E-state index contributed by atoms with van der Waals surface area (Å²) in [6, 6.07) is 8.07. The fourth-order valence-corrected chi connectivity index (χ4v) is 9.95. The van der Waals surface area contributed by atoms with E-state index in [2.05, 4.69) is 52.6 Å². The lowest BCUT2D eigenvalue weighted by Gasteiger charge is -2.42. The lowest BCUT2D eigenvalue weighted by molar-refractivity contribution is -0.137. The molecule has 6 heteroatoms. The molecule has 0 aliphatic carbocycles. The Balaban J connectivity index is 2.39. The standard InChI is InChI=1S/C22H35NO4Si/c1-14(2)28(15(3)4,16(5)6)27-19-7-8-20-18(11-19)12-21(23-20)17(9-10-24)13-22(25)26/h7-8,11-12,14-17,23-24H,9-10,13H2,1-6H3,(H,25,26)/t17-/m1/s1. The number of fused-ring (bicyclic) bond motifs is 1. The van der Waals surface area contributed by atoms with Crippen LogP contribution >= 0.6 is 0 Å². The highest BCUT2D eigenvalue weighted by Crippen LogP contribution is 2.43. The van der Waals surface area contributed by atoms with Crippen molar-refractivity contribution in [2.45, 2.75) is 76.9 Å². The van der Waals surface area contributed by atoms with Gasteiger partial charge in [-0.25, -0.2) is 0 Å². The van der Waals surface area contributed by atoms with E-state index in [9.17, 15) is 9.90 Å². The number of carboxylic acid groups (broad SMARTS) is 1. The summed E-state index contributed by atoms with van der Waals surface area (Å²) in [6.45, 7) is 13.6. The van der Waals surface area contributed by atoms with E-state index in [0.717, 1.165) is 22.3 Å². The Kier molecular flexibility index (Phi) is 7.34. The molecule has 3 N–H and O–H groups in total. The molecular formula is C22H35NO4Si. The van der Waals surface area contributed by atoms with Crippen LogP contribution in [0.4, 0.5) is 0 Å². The number of aliphatic carboxylic acids is 1. The van der Waals surface area contributed by atoms with E-state index >= 15 is 0 Å². The average Bonchev–Trinajstić information content (AvgIpc) is 3.01. The lowest BCUT2D eigenvalue weighted by atomic mass is 9.98. The Morgan fingerprint density at radius 3 is 2.18 bits per heavy atom. The molecule has 0 saturated carbocycles. The van der Waals surface area contributed by atoms with Crippen molar-refractivity contribution in [1.29, 1.82) is 0 Å². The van der Waals surface area contributed by atoms with Crippen molar-refractivity contribution < 1.29 is 19.4 Å². The summed E-state index contributed by atoms with van der Waals surface area (Å²) in [7, 11) is -2.03. The summed E-state index contributed by atoms with van der Waals surface area (Å²) in [5, 5.41) is 19.5. The van der Waals surface area contributed by atoms with E-state index in [0.29, 0.717) is 23.0 Å². The molecule has 0 aliphatic rings. The number of aromatic amines is 1. The van der Waals surface area contributed by atoms with Crippen molar-refractivity contribution in [1.82, 2.24) is 4.98 Å². The van der Waals surface area contributed by atoms with Crippen molar-refractivity contribution in [3.8, 4) is 5.75 Å². The van der Waals surface area contributed by atoms with Gasteiger partial charge in [-0.1, -0.05) is 41.5 Å². The molecule has 0 unspecified atom stereocenters. The first-order valence-electron chi connectivity index (χ1n) is 10.3. The second-order valence-electron chi connectivity index (χ2n) is 8.70. The number of hydrogen-bond acceptors (Lipinski definition) is 3. The van der Waals surface area contributed by atoms with Gasteiger partial charge in [0.2, 0.25) is 0 Å². The Labute approximate surface area is 169 Å². The Bertz CT molecular complexity index is 775. The lowest BCUT2D eigenvalue weighted by Crippen LogP contribution is -2.50. The zero-order chi connectivity index (χ0) is 21.1. The molecule has 1 heterocycles. The van der Waals surface area contributed by atoms with Gasteiger partial charge in [-0.05, 0) is 47.3 Å². The molecular weight excluding hydrogens is 370 g/mol. The van der Waals surface area contributed by atoms with Crippen LogP contribution in [-0.2, 0) is 4.79 Å². The first kappa shape index (κ1) is 22.5. The maximum atomic E-state index is 11.2. The van der Waals surface area contributed by atoms with Crippen LogP contribution in [0.15, 0.2) is 24.3 Å². The quantitative estimate of drug-likeness (QED) is 0.445. The molecule has 156 valence electrons. The molecule has 2 rings (SSSR count). The molecule has 2 aromatic rings. The van der Waals surface area contributed by atoms with Crippen LogP contribution < -0.4 is 4.43 Å². The summed E-state index contributed by atoms with van der Waals surface area (Å²) in [6.07, 6.45) is 0.424. The number of hydrogen-bond donors (Lipinski definition) is 3. The van der Waals surface area contributed by atoms with E-state index in [1.165, 1.54) is 0 Å². The number of benzene rings is 1. The smallest absolute Gasteiger partial charge is 0.304 e. The van der Waals surface area contributed by atoms with E-state index < -0.39 is 14.3 Å². The maximum absolute atomic E-state index is 11.2. The van der Waals surface area contributed by atoms with Gasteiger partial charge in [0.15, 0.2) is 0 Å². The van der Waals surface area contributed by atoms with Crippen molar-refractivity contribution in [2.24, 2.45) is 0 Å². The molecule has 0 bridgehead atoms. The van der Waals surface area contributed by atoms with Crippen LogP contribution in [0, 0.1) is 0 Å². The molecule has 0 saturated heterocycles. The summed E-state index contributed by atoms with van der Waals surface area (Å²) < 4.78 is 6.77. The number of rotatable bonds is 10. The predicted octanol–water partition coefficient (Wildman–Crippen LogP) is 5.66.